The molecule has 0 unspecified atom stereocenters. The Labute approximate surface area is 355 Å². The van der Waals surface area contributed by atoms with Crippen LogP contribution in [-0.2, 0) is 12.8 Å². The lowest BCUT2D eigenvalue weighted by molar-refractivity contribution is 1.14. The van der Waals surface area contributed by atoms with Crippen LogP contribution in [0.2, 0.25) is 0 Å². The maximum Gasteiger partial charge on any atom is 0.0588 e. The first-order valence-corrected chi connectivity index (χ1v) is 21.8. The zero-order chi connectivity index (χ0) is 39.9. The van der Waals surface area contributed by atoms with Crippen LogP contribution >= 0.6 is 11.3 Å². The zero-order valence-corrected chi connectivity index (χ0v) is 34.5. The summed E-state index contributed by atoms with van der Waals surface area (Å²) in [6, 6.07) is 70.3. The highest BCUT2D eigenvalue weighted by molar-refractivity contribution is 7.25. The molecule has 60 heavy (non-hydrogen) atoms. The molecule has 2 aliphatic carbocycles. The molecule has 12 rings (SSSR count). The van der Waals surface area contributed by atoms with Crippen molar-refractivity contribution in [2.24, 2.45) is 0 Å². The molecule has 0 spiro atoms. The Morgan fingerprint density at radius 2 is 0.967 bits per heavy atom. The molecule has 0 fully saturated rings. The molecule has 1 aromatic heterocycles. The Balaban J connectivity index is 1.27. The summed E-state index contributed by atoms with van der Waals surface area (Å²) in [4.78, 5) is 2.73. The second-order valence-electron chi connectivity index (χ2n) is 16.4. The zero-order valence-electron chi connectivity index (χ0n) is 33.7. The van der Waals surface area contributed by atoms with E-state index in [4.69, 9.17) is 0 Å². The lowest BCUT2D eigenvalue weighted by Gasteiger charge is -2.36. The molecule has 0 N–H and O–H groups in total. The van der Waals surface area contributed by atoms with Crippen molar-refractivity contribution >= 4 is 48.6 Å². The summed E-state index contributed by atoms with van der Waals surface area (Å²) in [6.07, 6.45) is 1.74. The molecule has 2 aliphatic rings. The van der Waals surface area contributed by atoms with Crippen molar-refractivity contribution in [3.8, 4) is 55.6 Å². The van der Waals surface area contributed by atoms with Crippen LogP contribution in [0.3, 0.4) is 0 Å². The van der Waals surface area contributed by atoms with Gasteiger partial charge in [-0.1, -0.05) is 164 Å². The maximum atomic E-state index is 2.73. The average molecular weight is 784 g/mol. The van der Waals surface area contributed by atoms with E-state index in [1.54, 1.807) is 0 Å². The number of thiophene rings is 1. The van der Waals surface area contributed by atoms with E-state index in [0.29, 0.717) is 0 Å². The van der Waals surface area contributed by atoms with Crippen LogP contribution in [0.5, 0.6) is 0 Å². The third kappa shape index (κ3) is 5.31. The fourth-order valence-electron chi connectivity index (χ4n) is 10.3. The number of benzene rings is 9. The van der Waals surface area contributed by atoms with E-state index in [1.165, 1.54) is 126 Å². The van der Waals surface area contributed by atoms with E-state index in [-0.39, 0.29) is 0 Å². The maximum absolute atomic E-state index is 2.73. The van der Waals surface area contributed by atoms with Crippen LogP contribution < -0.4 is 4.90 Å². The van der Waals surface area contributed by atoms with Crippen molar-refractivity contribution in [1.29, 1.82) is 0 Å². The van der Waals surface area contributed by atoms with E-state index in [1.807, 2.05) is 11.3 Å². The topological polar surface area (TPSA) is 3.24 Å². The highest BCUT2D eigenvalue weighted by Gasteiger charge is 2.35. The predicted octanol–water partition coefficient (Wildman–Crippen LogP) is 16.3. The minimum Gasteiger partial charge on any atom is -0.308 e. The predicted molar refractivity (Wildman–Crippen MR) is 256 cm³/mol. The second-order valence-corrected chi connectivity index (χ2v) is 17.5. The summed E-state index contributed by atoms with van der Waals surface area (Å²) in [7, 11) is 0. The summed E-state index contributed by atoms with van der Waals surface area (Å²) >= 11 is 1.89. The van der Waals surface area contributed by atoms with E-state index in [0.717, 1.165) is 12.8 Å². The van der Waals surface area contributed by atoms with E-state index >= 15 is 0 Å². The molecular weight excluding hydrogens is 743 g/mol. The Hall–Kier alpha value is -7.00. The third-order valence-electron chi connectivity index (χ3n) is 13.1. The number of rotatable bonds is 6. The first kappa shape index (κ1) is 35.0. The molecule has 0 amide bonds. The molecular formula is C58H41NS. The van der Waals surface area contributed by atoms with Crippen LogP contribution in [0.4, 0.5) is 17.1 Å². The van der Waals surface area contributed by atoms with Gasteiger partial charge in [0.15, 0.2) is 0 Å². The Bertz CT molecular complexity index is 3340. The number of hydrogen-bond acceptors (Lipinski definition) is 2. The summed E-state index contributed by atoms with van der Waals surface area (Å²) < 4.78 is 2.63. The number of anilines is 3. The quantitative estimate of drug-likeness (QED) is 0.162. The van der Waals surface area contributed by atoms with Gasteiger partial charge in [-0.3, -0.25) is 0 Å². The molecule has 1 nitrogen and oxygen atoms in total. The van der Waals surface area contributed by atoms with Gasteiger partial charge in [0.25, 0.3) is 0 Å². The highest BCUT2D eigenvalue weighted by atomic mass is 32.1. The van der Waals surface area contributed by atoms with Gasteiger partial charge < -0.3 is 4.90 Å². The summed E-state index contributed by atoms with van der Waals surface area (Å²) in [5.74, 6) is 0. The number of hydrogen-bond donors (Lipinski definition) is 0. The summed E-state index contributed by atoms with van der Waals surface area (Å²) in [5, 5.41) is 2.63. The van der Waals surface area contributed by atoms with Gasteiger partial charge in [-0.2, -0.15) is 0 Å². The lowest BCUT2D eigenvalue weighted by Crippen LogP contribution is -2.18. The Morgan fingerprint density at radius 1 is 0.417 bits per heavy atom. The van der Waals surface area contributed by atoms with Crippen molar-refractivity contribution in [3.63, 3.8) is 0 Å². The summed E-state index contributed by atoms with van der Waals surface area (Å²) in [6.45, 7) is 4.66. The van der Waals surface area contributed by atoms with Crippen molar-refractivity contribution in [2.45, 2.75) is 26.7 Å². The molecule has 0 atom stereocenters. The van der Waals surface area contributed by atoms with Gasteiger partial charge in [-0.05, 0) is 116 Å². The SMILES string of the molecule is Cc1cc2c(c(N(c3ccccc3-c3cccc4sc5ccccc5c34)c3c4c(cc(-c5ccccc5)c3-c3ccccc3)-c3ccccc3C4)c1C)Cc1ccccc1-2. The molecule has 0 aliphatic heterocycles. The van der Waals surface area contributed by atoms with Gasteiger partial charge in [-0.25, -0.2) is 0 Å². The van der Waals surface area contributed by atoms with Crippen molar-refractivity contribution in [3.05, 3.63) is 221 Å². The van der Waals surface area contributed by atoms with E-state index < -0.39 is 0 Å². The van der Waals surface area contributed by atoms with Gasteiger partial charge in [0, 0.05) is 44.1 Å². The number of fused-ring (bicyclic) bond motifs is 9. The molecule has 284 valence electrons. The molecule has 0 saturated carbocycles. The Morgan fingerprint density at radius 3 is 1.70 bits per heavy atom. The molecule has 10 aromatic rings. The van der Waals surface area contributed by atoms with Crippen molar-refractivity contribution < 1.29 is 0 Å². The van der Waals surface area contributed by atoms with Crippen molar-refractivity contribution in [2.75, 3.05) is 4.90 Å². The second kappa shape index (κ2) is 13.8. The first-order valence-electron chi connectivity index (χ1n) is 21.0. The standard InChI is InChI=1S/C58H41NS/c1-36-32-48-42-24-11-9-22-40(42)33-50(48)57(37(36)2)59(52-29-15-13-26-44(52)45-28-17-31-54-56(45)46-27-14-16-30-53(46)60-54)58-51-34-41-23-10-12-25-43(41)49(51)35-47(38-18-5-3-6-19-38)55(58)39-20-7-4-8-21-39/h3-32,35H,33-34H2,1-2H3. The highest BCUT2D eigenvalue weighted by Crippen LogP contribution is 2.58. The van der Waals surface area contributed by atoms with Crippen LogP contribution in [-0.4, -0.2) is 0 Å². The van der Waals surface area contributed by atoms with E-state index in [9.17, 15) is 0 Å². The first-order chi connectivity index (χ1) is 29.6. The lowest BCUT2D eigenvalue weighted by atomic mass is 9.85. The molecule has 0 bridgehead atoms. The van der Waals surface area contributed by atoms with Gasteiger partial charge in [0.2, 0.25) is 0 Å². The van der Waals surface area contributed by atoms with Crippen LogP contribution in [0.1, 0.15) is 33.4 Å². The number of nitrogens with zero attached hydrogens (tertiary/aromatic N) is 1. The average Bonchev–Trinajstić information content (AvgIpc) is 3.99. The monoisotopic (exact) mass is 783 g/mol. The fraction of sp³-hybridized carbons (Fsp3) is 0.0690. The van der Waals surface area contributed by atoms with Gasteiger partial charge in [0.05, 0.1) is 17.1 Å². The smallest absolute Gasteiger partial charge is 0.0588 e. The minimum atomic E-state index is 0.854. The Kier molecular flexibility index (Phi) is 8.05. The van der Waals surface area contributed by atoms with Gasteiger partial charge in [-0.15, -0.1) is 11.3 Å². The fourth-order valence-corrected chi connectivity index (χ4v) is 11.4. The molecule has 2 heteroatoms. The van der Waals surface area contributed by atoms with Crippen LogP contribution in [0.15, 0.2) is 188 Å². The normalized spacial score (nSPS) is 12.4. The minimum absolute atomic E-state index is 0.854. The van der Waals surface area contributed by atoms with Gasteiger partial charge in [0.1, 0.15) is 0 Å². The molecule has 1 heterocycles. The molecule has 9 aromatic carbocycles. The molecule has 0 saturated heterocycles. The number of para-hydroxylation sites is 1. The largest absolute Gasteiger partial charge is 0.308 e. The third-order valence-corrected chi connectivity index (χ3v) is 14.2. The van der Waals surface area contributed by atoms with Gasteiger partial charge >= 0.3 is 0 Å². The number of aryl methyl sites for hydroxylation is 1. The van der Waals surface area contributed by atoms with Crippen molar-refractivity contribution in [1.82, 2.24) is 0 Å². The summed E-state index contributed by atoms with van der Waals surface area (Å²) in [5.41, 5.74) is 24.6. The van der Waals surface area contributed by atoms with Crippen LogP contribution in [0, 0.1) is 13.8 Å². The molecule has 0 radical (unpaired) electrons. The van der Waals surface area contributed by atoms with Crippen LogP contribution in [0.25, 0.3) is 75.8 Å². The van der Waals surface area contributed by atoms with E-state index in [2.05, 4.69) is 207 Å².